The van der Waals surface area contributed by atoms with Crippen molar-refractivity contribution in [3.8, 4) is 0 Å². The van der Waals surface area contributed by atoms with Crippen LogP contribution in [0.2, 0.25) is 0 Å². The predicted molar refractivity (Wildman–Crippen MR) is 53.0 cm³/mol. The fraction of sp³-hybridized carbons (Fsp3) is 1.00. The third-order valence-corrected chi connectivity index (χ3v) is 4.15. The maximum Gasteiger partial charge on any atom is 0.119 e. The van der Waals surface area contributed by atoms with Crippen LogP contribution in [0.5, 0.6) is 0 Å². The lowest BCUT2D eigenvalue weighted by Gasteiger charge is -2.52. The lowest BCUT2D eigenvalue weighted by molar-refractivity contribution is -0.197. The van der Waals surface area contributed by atoms with E-state index in [-0.39, 0.29) is 5.72 Å². The molecule has 3 nitrogen and oxygen atoms in total. The molecular formula is C11H19NO2. The van der Waals surface area contributed by atoms with Crippen molar-refractivity contribution < 1.29 is 9.47 Å². The normalized spacial score (nSPS) is 34.3. The molecule has 1 aliphatic carbocycles. The van der Waals surface area contributed by atoms with Crippen molar-refractivity contribution >= 4 is 0 Å². The van der Waals surface area contributed by atoms with Crippen LogP contribution in [-0.2, 0) is 9.47 Å². The van der Waals surface area contributed by atoms with Crippen LogP contribution >= 0.6 is 0 Å². The zero-order valence-corrected chi connectivity index (χ0v) is 8.68. The van der Waals surface area contributed by atoms with Gasteiger partial charge in [0, 0.05) is 25.2 Å². The highest BCUT2D eigenvalue weighted by molar-refractivity contribution is 4.96. The molecule has 3 aliphatic rings. The van der Waals surface area contributed by atoms with E-state index in [4.69, 9.17) is 9.47 Å². The second kappa shape index (κ2) is 3.19. The molecule has 3 rings (SSSR count). The fourth-order valence-corrected chi connectivity index (χ4v) is 2.69. The third kappa shape index (κ3) is 1.38. The Morgan fingerprint density at radius 2 is 1.79 bits per heavy atom. The molecule has 3 fully saturated rings. The Kier molecular flexibility index (Phi) is 2.08. The molecule has 2 heterocycles. The van der Waals surface area contributed by atoms with E-state index in [9.17, 15) is 0 Å². The van der Waals surface area contributed by atoms with Crippen LogP contribution in [0.1, 0.15) is 32.1 Å². The first-order valence-corrected chi connectivity index (χ1v) is 5.80. The van der Waals surface area contributed by atoms with Crippen molar-refractivity contribution in [1.29, 1.82) is 0 Å². The van der Waals surface area contributed by atoms with Gasteiger partial charge in [0.05, 0.1) is 6.61 Å². The van der Waals surface area contributed by atoms with E-state index < -0.39 is 0 Å². The number of rotatable bonds is 0. The Labute approximate surface area is 85.1 Å². The maximum atomic E-state index is 6.03. The predicted octanol–water partition coefficient (Wildman–Crippen LogP) is 1.28. The summed E-state index contributed by atoms with van der Waals surface area (Å²) in [5.74, 6) is 0. The van der Waals surface area contributed by atoms with Gasteiger partial charge >= 0.3 is 0 Å². The SMILES string of the molecule is C1CC2(C1)NCC1(CCOCC1)CO2. The summed E-state index contributed by atoms with van der Waals surface area (Å²) in [7, 11) is 0. The first-order valence-electron chi connectivity index (χ1n) is 5.80. The van der Waals surface area contributed by atoms with Gasteiger partial charge < -0.3 is 9.47 Å². The maximum absolute atomic E-state index is 6.03. The summed E-state index contributed by atoms with van der Waals surface area (Å²) in [5.41, 5.74) is 0.475. The van der Waals surface area contributed by atoms with Crippen molar-refractivity contribution in [1.82, 2.24) is 5.32 Å². The zero-order valence-electron chi connectivity index (χ0n) is 8.68. The number of hydrogen-bond acceptors (Lipinski definition) is 3. The Morgan fingerprint density at radius 3 is 2.29 bits per heavy atom. The van der Waals surface area contributed by atoms with Gasteiger partial charge in [0.1, 0.15) is 5.72 Å². The number of ether oxygens (including phenoxy) is 2. The average Bonchev–Trinajstić information content (AvgIpc) is 2.18. The molecule has 2 spiro atoms. The van der Waals surface area contributed by atoms with Gasteiger partial charge in [-0.25, -0.2) is 0 Å². The molecule has 2 aliphatic heterocycles. The number of nitrogens with one attached hydrogen (secondary N) is 1. The molecule has 14 heavy (non-hydrogen) atoms. The minimum atomic E-state index is 0.0869. The van der Waals surface area contributed by atoms with E-state index in [1.807, 2.05) is 0 Å². The van der Waals surface area contributed by atoms with Crippen molar-refractivity contribution in [3.05, 3.63) is 0 Å². The molecule has 80 valence electrons. The third-order valence-electron chi connectivity index (χ3n) is 4.15. The highest BCUT2D eigenvalue weighted by atomic mass is 16.5. The molecule has 0 unspecified atom stereocenters. The van der Waals surface area contributed by atoms with E-state index >= 15 is 0 Å². The average molecular weight is 197 g/mol. The summed E-state index contributed by atoms with van der Waals surface area (Å²) < 4.78 is 11.4. The van der Waals surface area contributed by atoms with Gasteiger partial charge in [0.15, 0.2) is 0 Å². The van der Waals surface area contributed by atoms with Gasteiger partial charge in [-0.2, -0.15) is 0 Å². The molecule has 0 aromatic heterocycles. The lowest BCUT2D eigenvalue weighted by Crippen LogP contribution is -2.63. The van der Waals surface area contributed by atoms with E-state index in [0.717, 1.165) is 39.2 Å². The van der Waals surface area contributed by atoms with Crippen molar-refractivity contribution in [3.63, 3.8) is 0 Å². The van der Waals surface area contributed by atoms with E-state index in [1.54, 1.807) is 0 Å². The van der Waals surface area contributed by atoms with Crippen molar-refractivity contribution in [2.75, 3.05) is 26.4 Å². The van der Waals surface area contributed by atoms with Crippen LogP contribution in [0.4, 0.5) is 0 Å². The van der Waals surface area contributed by atoms with E-state index in [2.05, 4.69) is 5.32 Å². The highest BCUT2D eigenvalue weighted by Crippen LogP contribution is 2.41. The van der Waals surface area contributed by atoms with Crippen LogP contribution in [-0.4, -0.2) is 32.1 Å². The summed E-state index contributed by atoms with van der Waals surface area (Å²) in [6, 6.07) is 0. The summed E-state index contributed by atoms with van der Waals surface area (Å²) in [5, 5.41) is 3.61. The van der Waals surface area contributed by atoms with E-state index in [0.29, 0.717) is 5.41 Å². The van der Waals surface area contributed by atoms with Crippen molar-refractivity contribution in [2.45, 2.75) is 37.8 Å². The second-order valence-electron chi connectivity index (χ2n) is 5.10. The summed E-state index contributed by atoms with van der Waals surface area (Å²) in [6.07, 6.45) is 6.06. The molecule has 0 atom stereocenters. The van der Waals surface area contributed by atoms with Gasteiger partial charge in [-0.15, -0.1) is 0 Å². The smallest absolute Gasteiger partial charge is 0.119 e. The molecular weight excluding hydrogens is 178 g/mol. The Morgan fingerprint density at radius 1 is 1.00 bits per heavy atom. The van der Waals surface area contributed by atoms with Crippen LogP contribution in [0.25, 0.3) is 0 Å². The lowest BCUT2D eigenvalue weighted by atomic mass is 9.77. The topological polar surface area (TPSA) is 30.5 Å². The van der Waals surface area contributed by atoms with Crippen LogP contribution in [0, 0.1) is 5.41 Å². The van der Waals surface area contributed by atoms with Crippen LogP contribution < -0.4 is 5.32 Å². The molecule has 0 amide bonds. The monoisotopic (exact) mass is 197 g/mol. The van der Waals surface area contributed by atoms with Gasteiger partial charge in [0.2, 0.25) is 0 Å². The molecule has 0 bridgehead atoms. The first kappa shape index (κ1) is 9.13. The molecule has 0 aromatic carbocycles. The van der Waals surface area contributed by atoms with Gasteiger partial charge in [0.25, 0.3) is 0 Å². The minimum absolute atomic E-state index is 0.0869. The minimum Gasteiger partial charge on any atom is -0.381 e. The van der Waals surface area contributed by atoms with Gasteiger partial charge in [-0.05, 0) is 32.1 Å². The standard InChI is InChI=1S/C11H19NO2/c1-2-11(3-1)12-8-10(9-14-11)4-6-13-7-5-10/h12H,1-9H2. The summed E-state index contributed by atoms with van der Waals surface area (Å²) >= 11 is 0. The zero-order chi connectivity index (χ0) is 9.49. The molecule has 3 heteroatoms. The molecule has 0 radical (unpaired) electrons. The molecule has 1 saturated carbocycles. The summed E-state index contributed by atoms with van der Waals surface area (Å²) in [6.45, 7) is 3.91. The Hall–Kier alpha value is -0.120. The van der Waals surface area contributed by atoms with Gasteiger partial charge in [-0.1, -0.05) is 0 Å². The van der Waals surface area contributed by atoms with Crippen LogP contribution in [0.15, 0.2) is 0 Å². The highest BCUT2D eigenvalue weighted by Gasteiger charge is 2.46. The van der Waals surface area contributed by atoms with Crippen molar-refractivity contribution in [2.24, 2.45) is 5.41 Å². The summed E-state index contributed by atoms with van der Waals surface area (Å²) in [4.78, 5) is 0. The fourth-order valence-electron chi connectivity index (χ4n) is 2.69. The second-order valence-corrected chi connectivity index (χ2v) is 5.10. The van der Waals surface area contributed by atoms with E-state index in [1.165, 1.54) is 19.3 Å². The van der Waals surface area contributed by atoms with Crippen LogP contribution in [0.3, 0.4) is 0 Å². The largest absolute Gasteiger partial charge is 0.381 e. The van der Waals surface area contributed by atoms with Gasteiger partial charge in [-0.3, -0.25) is 5.32 Å². The Bertz CT molecular complexity index is 207. The molecule has 0 aromatic rings. The quantitative estimate of drug-likeness (QED) is 0.634. The molecule has 1 N–H and O–H groups in total. The first-order chi connectivity index (χ1) is 6.83. The Balaban J connectivity index is 1.63. The molecule has 2 saturated heterocycles. The number of hydrogen-bond donors (Lipinski definition) is 1.